The van der Waals surface area contributed by atoms with E-state index < -0.39 is 5.97 Å². The van der Waals surface area contributed by atoms with Gasteiger partial charge in [0, 0.05) is 5.41 Å². The molecule has 0 fully saturated rings. The van der Waals surface area contributed by atoms with E-state index in [2.05, 4.69) is 0 Å². The lowest BCUT2D eigenvalue weighted by Crippen LogP contribution is -2.23. The van der Waals surface area contributed by atoms with Crippen LogP contribution in [-0.4, -0.2) is 16.2 Å². The number of aliphatic hydroxyl groups excluding tert-OH is 1. The standard InChI is InChI=1S/C12H12O3/c1-12-5-3-2-4-8(12)6-10(13)9(7-12)11(14)15/h2-4,6-7,13H,5H2,1H3,(H,14,15). The molecule has 0 saturated heterocycles. The molecule has 15 heavy (non-hydrogen) atoms. The summed E-state index contributed by atoms with van der Waals surface area (Å²) >= 11 is 0. The summed E-state index contributed by atoms with van der Waals surface area (Å²) in [5, 5.41) is 18.4. The van der Waals surface area contributed by atoms with Gasteiger partial charge < -0.3 is 10.2 Å². The highest BCUT2D eigenvalue weighted by molar-refractivity contribution is 5.92. The lowest BCUT2D eigenvalue weighted by atomic mass is 9.72. The van der Waals surface area contributed by atoms with Gasteiger partial charge in [0.1, 0.15) is 5.76 Å². The van der Waals surface area contributed by atoms with Crippen molar-refractivity contribution in [2.24, 2.45) is 5.41 Å². The Morgan fingerprint density at radius 2 is 2.27 bits per heavy atom. The summed E-state index contributed by atoms with van der Waals surface area (Å²) in [5.74, 6) is -1.25. The van der Waals surface area contributed by atoms with E-state index in [0.29, 0.717) is 0 Å². The van der Waals surface area contributed by atoms with Crippen LogP contribution < -0.4 is 0 Å². The van der Waals surface area contributed by atoms with Crippen molar-refractivity contribution < 1.29 is 15.0 Å². The van der Waals surface area contributed by atoms with Crippen LogP contribution in [0.5, 0.6) is 0 Å². The van der Waals surface area contributed by atoms with Gasteiger partial charge in [-0.1, -0.05) is 31.2 Å². The van der Waals surface area contributed by atoms with E-state index in [4.69, 9.17) is 5.11 Å². The van der Waals surface area contributed by atoms with Crippen molar-refractivity contribution in [1.29, 1.82) is 0 Å². The molecule has 0 bridgehead atoms. The maximum Gasteiger partial charge on any atom is 0.339 e. The molecule has 0 aromatic rings. The predicted molar refractivity (Wildman–Crippen MR) is 56.4 cm³/mol. The third-order valence-electron chi connectivity index (χ3n) is 2.87. The molecule has 0 amide bonds. The fraction of sp³-hybridized carbons (Fsp3) is 0.250. The monoisotopic (exact) mass is 204 g/mol. The molecule has 2 N–H and O–H groups in total. The zero-order valence-electron chi connectivity index (χ0n) is 8.40. The highest BCUT2D eigenvalue weighted by Gasteiger charge is 2.32. The van der Waals surface area contributed by atoms with Crippen molar-refractivity contribution in [3.63, 3.8) is 0 Å². The highest BCUT2D eigenvalue weighted by atomic mass is 16.4. The Bertz CT molecular complexity index is 438. The summed E-state index contributed by atoms with van der Waals surface area (Å²) in [5.41, 5.74) is 0.645. The van der Waals surface area contributed by atoms with Crippen molar-refractivity contribution in [1.82, 2.24) is 0 Å². The summed E-state index contributed by atoms with van der Waals surface area (Å²) in [6.45, 7) is 1.97. The molecule has 1 atom stereocenters. The molecule has 3 nitrogen and oxygen atoms in total. The van der Waals surface area contributed by atoms with Gasteiger partial charge in [0.15, 0.2) is 0 Å². The Balaban J connectivity index is 2.51. The Labute approximate surface area is 87.7 Å². The Morgan fingerprint density at radius 1 is 1.53 bits per heavy atom. The predicted octanol–water partition coefficient (Wildman–Crippen LogP) is 2.35. The van der Waals surface area contributed by atoms with Gasteiger partial charge in [0.2, 0.25) is 0 Å². The van der Waals surface area contributed by atoms with E-state index in [9.17, 15) is 9.90 Å². The second-order valence-corrected chi connectivity index (χ2v) is 4.06. The molecular formula is C12H12O3. The van der Waals surface area contributed by atoms with E-state index in [1.165, 1.54) is 6.08 Å². The van der Waals surface area contributed by atoms with Crippen LogP contribution in [0.2, 0.25) is 0 Å². The van der Waals surface area contributed by atoms with E-state index >= 15 is 0 Å². The van der Waals surface area contributed by atoms with Gasteiger partial charge in [-0.2, -0.15) is 0 Å². The second-order valence-electron chi connectivity index (χ2n) is 4.06. The molecule has 3 heteroatoms. The number of carboxylic acid groups (broad SMARTS) is 1. The van der Waals surface area contributed by atoms with Crippen LogP contribution in [0.1, 0.15) is 13.3 Å². The molecule has 0 saturated carbocycles. The third-order valence-corrected chi connectivity index (χ3v) is 2.87. The molecule has 0 aromatic carbocycles. The normalized spacial score (nSPS) is 28.7. The van der Waals surface area contributed by atoms with Crippen LogP contribution in [0.15, 0.2) is 47.3 Å². The van der Waals surface area contributed by atoms with Crippen LogP contribution in [0.25, 0.3) is 0 Å². The van der Waals surface area contributed by atoms with Crippen LogP contribution in [0.3, 0.4) is 0 Å². The smallest absolute Gasteiger partial charge is 0.339 e. The van der Waals surface area contributed by atoms with Crippen molar-refractivity contribution in [2.75, 3.05) is 0 Å². The minimum atomic E-state index is -1.08. The number of fused-ring (bicyclic) bond motifs is 1. The number of rotatable bonds is 1. The molecule has 1 unspecified atom stereocenters. The number of aliphatic carboxylic acids is 1. The molecule has 0 aliphatic heterocycles. The van der Waals surface area contributed by atoms with E-state index in [0.717, 1.165) is 12.0 Å². The quantitative estimate of drug-likeness (QED) is 0.689. The molecule has 78 valence electrons. The zero-order chi connectivity index (χ0) is 11.1. The van der Waals surface area contributed by atoms with Gasteiger partial charge in [0.25, 0.3) is 0 Å². The second kappa shape index (κ2) is 3.12. The minimum absolute atomic E-state index is 0.00931. The van der Waals surface area contributed by atoms with Crippen molar-refractivity contribution >= 4 is 5.97 Å². The Morgan fingerprint density at radius 3 is 2.93 bits per heavy atom. The Hall–Kier alpha value is -1.77. The first-order chi connectivity index (χ1) is 7.03. The van der Waals surface area contributed by atoms with Crippen molar-refractivity contribution in [2.45, 2.75) is 13.3 Å². The average Bonchev–Trinajstić information content (AvgIpc) is 2.17. The fourth-order valence-electron chi connectivity index (χ4n) is 1.94. The Kier molecular flexibility index (Phi) is 2.03. The zero-order valence-corrected chi connectivity index (χ0v) is 8.40. The van der Waals surface area contributed by atoms with E-state index in [1.807, 2.05) is 25.2 Å². The molecule has 2 aliphatic carbocycles. The maximum atomic E-state index is 10.9. The maximum absolute atomic E-state index is 10.9. The van der Waals surface area contributed by atoms with Gasteiger partial charge in [-0.15, -0.1) is 0 Å². The van der Waals surface area contributed by atoms with Gasteiger partial charge in [-0.3, -0.25) is 0 Å². The molecule has 0 spiro atoms. The molecule has 2 rings (SSSR count). The molecular weight excluding hydrogens is 192 g/mol. The minimum Gasteiger partial charge on any atom is -0.507 e. The number of hydrogen-bond acceptors (Lipinski definition) is 2. The van der Waals surface area contributed by atoms with Crippen LogP contribution >= 0.6 is 0 Å². The van der Waals surface area contributed by atoms with Gasteiger partial charge >= 0.3 is 5.97 Å². The lowest BCUT2D eigenvalue weighted by molar-refractivity contribution is -0.132. The van der Waals surface area contributed by atoms with E-state index in [1.54, 1.807) is 6.08 Å². The van der Waals surface area contributed by atoms with Crippen LogP contribution in [-0.2, 0) is 4.79 Å². The first-order valence-corrected chi connectivity index (χ1v) is 4.77. The number of hydrogen-bond donors (Lipinski definition) is 2. The molecule has 0 heterocycles. The highest BCUT2D eigenvalue weighted by Crippen LogP contribution is 2.41. The van der Waals surface area contributed by atoms with Gasteiger partial charge in [0.05, 0.1) is 5.57 Å². The van der Waals surface area contributed by atoms with Gasteiger partial charge in [-0.25, -0.2) is 4.79 Å². The summed E-state index contributed by atoms with van der Waals surface area (Å²) in [6, 6.07) is 0. The SMILES string of the molecule is CC12C=C(C(=O)O)C(O)=CC1=CC=CC2. The van der Waals surface area contributed by atoms with Crippen molar-refractivity contribution in [3.05, 3.63) is 47.3 Å². The fourth-order valence-corrected chi connectivity index (χ4v) is 1.94. The molecule has 0 aromatic heterocycles. The first kappa shape index (κ1) is 9.77. The number of carbonyl (C=O) groups is 1. The largest absolute Gasteiger partial charge is 0.507 e. The van der Waals surface area contributed by atoms with Crippen molar-refractivity contribution in [3.8, 4) is 0 Å². The summed E-state index contributed by atoms with van der Waals surface area (Å²) in [7, 11) is 0. The lowest BCUT2D eigenvalue weighted by Gasteiger charge is -2.32. The van der Waals surface area contributed by atoms with Gasteiger partial charge in [-0.05, 0) is 18.1 Å². The number of carboxylic acids is 1. The van der Waals surface area contributed by atoms with Crippen LogP contribution in [0.4, 0.5) is 0 Å². The molecule has 0 radical (unpaired) electrons. The average molecular weight is 204 g/mol. The number of aliphatic hydroxyl groups is 1. The topological polar surface area (TPSA) is 57.5 Å². The summed E-state index contributed by atoms with van der Waals surface area (Å²) in [4.78, 5) is 10.9. The first-order valence-electron chi connectivity index (χ1n) is 4.77. The van der Waals surface area contributed by atoms with E-state index in [-0.39, 0.29) is 16.7 Å². The van der Waals surface area contributed by atoms with Crippen LogP contribution in [0, 0.1) is 5.41 Å². The molecule has 2 aliphatic rings. The number of allylic oxidation sites excluding steroid dienone is 6. The third kappa shape index (κ3) is 1.50. The summed E-state index contributed by atoms with van der Waals surface area (Å²) < 4.78 is 0. The summed E-state index contributed by atoms with van der Waals surface area (Å²) in [6.07, 6.45) is 9.73.